The van der Waals surface area contributed by atoms with Crippen LogP contribution in [0.15, 0.2) is 59.1 Å². The zero-order chi connectivity index (χ0) is 18.4. The normalized spacial score (nSPS) is 10.0. The van der Waals surface area contributed by atoms with Crippen LogP contribution in [0.25, 0.3) is 0 Å². The number of hydrogen-bond donors (Lipinski definition) is 2. The molecule has 0 aliphatic rings. The van der Waals surface area contributed by atoms with Gasteiger partial charge in [-0.3, -0.25) is 0 Å². The summed E-state index contributed by atoms with van der Waals surface area (Å²) >= 11 is 0. The number of nitrogens with zero attached hydrogens (tertiary/aromatic N) is 2. The summed E-state index contributed by atoms with van der Waals surface area (Å²) < 4.78 is 10.7. The fourth-order valence-electron chi connectivity index (χ4n) is 2.22. The highest BCUT2D eigenvalue weighted by Gasteiger charge is 2.06. The number of aromatic nitrogens is 1. The minimum atomic E-state index is -0.359. The summed E-state index contributed by atoms with van der Waals surface area (Å²) in [6.07, 6.45) is 0. The number of carbonyl (C=O) groups excluding carboxylic acids is 1. The Hall–Kier alpha value is -3.79. The van der Waals surface area contributed by atoms with Gasteiger partial charge >= 0.3 is 6.03 Å². The first-order chi connectivity index (χ1) is 12.6. The molecule has 0 aliphatic carbocycles. The molecule has 7 nitrogen and oxygen atoms in total. The van der Waals surface area contributed by atoms with Crippen molar-refractivity contribution < 1.29 is 14.1 Å². The lowest BCUT2D eigenvalue weighted by molar-refractivity contribution is 0.250. The highest BCUT2D eigenvalue weighted by Crippen LogP contribution is 2.25. The van der Waals surface area contributed by atoms with Crippen molar-refractivity contribution in [1.82, 2.24) is 10.5 Å². The Morgan fingerprint density at radius 3 is 2.69 bits per heavy atom. The first-order valence-corrected chi connectivity index (χ1v) is 7.88. The van der Waals surface area contributed by atoms with E-state index in [-0.39, 0.29) is 12.6 Å². The van der Waals surface area contributed by atoms with E-state index in [0.717, 1.165) is 5.69 Å². The Bertz CT molecular complexity index is 942. The van der Waals surface area contributed by atoms with Gasteiger partial charge in [-0.1, -0.05) is 17.3 Å². The Morgan fingerprint density at radius 1 is 1.23 bits per heavy atom. The molecule has 2 N–H and O–H groups in total. The van der Waals surface area contributed by atoms with Crippen molar-refractivity contribution in [1.29, 1.82) is 5.26 Å². The first kappa shape index (κ1) is 17.0. The van der Waals surface area contributed by atoms with Crippen molar-refractivity contribution in [2.45, 2.75) is 13.5 Å². The molecule has 130 valence electrons. The molecule has 0 aliphatic heterocycles. The van der Waals surface area contributed by atoms with Crippen LogP contribution in [0.4, 0.5) is 10.5 Å². The van der Waals surface area contributed by atoms with Gasteiger partial charge in [0, 0.05) is 11.8 Å². The lowest BCUT2D eigenvalue weighted by atomic mass is 10.2. The van der Waals surface area contributed by atoms with Crippen molar-refractivity contribution in [2.24, 2.45) is 0 Å². The third-order valence-corrected chi connectivity index (χ3v) is 3.45. The highest BCUT2D eigenvalue weighted by molar-refractivity contribution is 5.89. The summed E-state index contributed by atoms with van der Waals surface area (Å²) in [4.78, 5) is 11.9. The van der Waals surface area contributed by atoms with E-state index in [0.29, 0.717) is 28.5 Å². The SMILES string of the molecule is Cc1cc(CNC(=O)Nc2ccc(Oc3ccccc3C#N)cc2)on1. The molecule has 0 unspecified atom stereocenters. The number of anilines is 1. The minimum Gasteiger partial charge on any atom is -0.456 e. The number of nitrogens with one attached hydrogen (secondary N) is 2. The van der Waals surface area contributed by atoms with Crippen molar-refractivity contribution in [2.75, 3.05) is 5.32 Å². The molecule has 0 fully saturated rings. The zero-order valence-electron chi connectivity index (χ0n) is 14.0. The quantitative estimate of drug-likeness (QED) is 0.726. The van der Waals surface area contributed by atoms with E-state index in [9.17, 15) is 4.79 Å². The van der Waals surface area contributed by atoms with Gasteiger partial charge in [-0.25, -0.2) is 4.79 Å². The number of para-hydroxylation sites is 1. The van der Waals surface area contributed by atoms with Crippen molar-refractivity contribution >= 4 is 11.7 Å². The standard InChI is InChI=1S/C19H16N4O3/c1-13-10-17(26-23-13)12-21-19(24)22-15-6-8-16(9-7-15)25-18-5-3-2-4-14(18)11-20/h2-10H,12H2,1H3,(H2,21,22,24). The highest BCUT2D eigenvalue weighted by atomic mass is 16.5. The second kappa shape index (κ2) is 7.85. The summed E-state index contributed by atoms with van der Waals surface area (Å²) in [5, 5.41) is 18.2. The van der Waals surface area contributed by atoms with E-state index in [1.54, 1.807) is 54.6 Å². The van der Waals surface area contributed by atoms with Crippen LogP contribution in [0.5, 0.6) is 11.5 Å². The minimum absolute atomic E-state index is 0.249. The maximum absolute atomic E-state index is 11.9. The molecular formula is C19H16N4O3. The van der Waals surface area contributed by atoms with Gasteiger partial charge in [-0.2, -0.15) is 5.26 Å². The molecule has 26 heavy (non-hydrogen) atoms. The molecule has 0 saturated carbocycles. The summed E-state index contributed by atoms with van der Waals surface area (Å²) in [5.74, 6) is 1.63. The van der Waals surface area contributed by atoms with Crippen LogP contribution >= 0.6 is 0 Å². The molecule has 2 amide bonds. The first-order valence-electron chi connectivity index (χ1n) is 7.88. The average Bonchev–Trinajstić information content (AvgIpc) is 3.07. The molecule has 3 aromatic rings. The number of amides is 2. The maximum atomic E-state index is 11.9. The van der Waals surface area contributed by atoms with Gasteiger partial charge in [0.1, 0.15) is 17.6 Å². The molecule has 0 radical (unpaired) electrons. The number of carbonyl (C=O) groups is 1. The van der Waals surface area contributed by atoms with Crippen molar-refractivity contribution in [3.05, 3.63) is 71.6 Å². The molecule has 0 spiro atoms. The lowest BCUT2D eigenvalue weighted by Gasteiger charge is -2.09. The summed E-state index contributed by atoms with van der Waals surface area (Å²) in [7, 11) is 0. The lowest BCUT2D eigenvalue weighted by Crippen LogP contribution is -2.27. The molecular weight excluding hydrogens is 332 g/mol. The van der Waals surface area contributed by atoms with Crippen molar-refractivity contribution in [3.63, 3.8) is 0 Å². The smallest absolute Gasteiger partial charge is 0.319 e. The fourth-order valence-corrected chi connectivity index (χ4v) is 2.22. The van der Waals surface area contributed by atoms with Gasteiger partial charge in [-0.15, -0.1) is 0 Å². The van der Waals surface area contributed by atoms with Crippen LogP contribution in [0, 0.1) is 18.3 Å². The molecule has 1 heterocycles. The van der Waals surface area contributed by atoms with Gasteiger partial charge < -0.3 is 19.9 Å². The molecule has 1 aromatic heterocycles. The maximum Gasteiger partial charge on any atom is 0.319 e. The van der Waals surface area contributed by atoms with Gasteiger partial charge in [0.2, 0.25) is 0 Å². The number of urea groups is 1. The van der Waals surface area contributed by atoms with E-state index < -0.39 is 0 Å². The predicted octanol–water partition coefficient (Wildman–Crippen LogP) is 3.97. The predicted molar refractivity (Wildman–Crippen MR) is 94.8 cm³/mol. The van der Waals surface area contributed by atoms with Crippen LogP contribution in [0.3, 0.4) is 0 Å². The number of ether oxygens (including phenoxy) is 1. The number of nitriles is 1. The summed E-state index contributed by atoms with van der Waals surface area (Å²) in [5.41, 5.74) is 1.82. The van der Waals surface area contributed by atoms with Gasteiger partial charge in [0.15, 0.2) is 5.76 Å². The van der Waals surface area contributed by atoms with Crippen LogP contribution in [0.1, 0.15) is 17.0 Å². The molecule has 0 saturated heterocycles. The largest absolute Gasteiger partial charge is 0.456 e. The Labute approximate surface area is 150 Å². The second-order valence-corrected chi connectivity index (χ2v) is 5.48. The molecule has 3 rings (SSSR count). The molecule has 0 bridgehead atoms. The third kappa shape index (κ3) is 4.39. The van der Waals surface area contributed by atoms with E-state index in [4.69, 9.17) is 14.5 Å². The van der Waals surface area contributed by atoms with Crippen LogP contribution in [0.2, 0.25) is 0 Å². The van der Waals surface area contributed by atoms with Crippen molar-refractivity contribution in [3.8, 4) is 17.6 Å². The Morgan fingerprint density at radius 2 is 2.00 bits per heavy atom. The van der Waals surface area contributed by atoms with E-state index >= 15 is 0 Å². The number of aryl methyl sites for hydroxylation is 1. The van der Waals surface area contributed by atoms with E-state index in [2.05, 4.69) is 21.9 Å². The van der Waals surface area contributed by atoms with Crippen LogP contribution in [-0.2, 0) is 6.54 Å². The monoisotopic (exact) mass is 348 g/mol. The fraction of sp³-hybridized carbons (Fsp3) is 0.105. The topological polar surface area (TPSA) is 100 Å². The Balaban J connectivity index is 1.55. The molecule has 0 atom stereocenters. The van der Waals surface area contributed by atoms with Gasteiger partial charge in [0.05, 0.1) is 17.8 Å². The molecule has 7 heteroatoms. The third-order valence-electron chi connectivity index (χ3n) is 3.45. The van der Waals surface area contributed by atoms with Crippen LogP contribution in [-0.4, -0.2) is 11.2 Å². The zero-order valence-corrected chi connectivity index (χ0v) is 14.0. The van der Waals surface area contributed by atoms with E-state index in [1.165, 1.54) is 0 Å². The number of rotatable bonds is 5. The number of hydrogen-bond acceptors (Lipinski definition) is 5. The van der Waals surface area contributed by atoms with Crippen LogP contribution < -0.4 is 15.4 Å². The number of benzene rings is 2. The molecule has 2 aromatic carbocycles. The van der Waals surface area contributed by atoms with Gasteiger partial charge in [-0.05, 0) is 43.3 Å². The summed E-state index contributed by atoms with van der Waals surface area (Å²) in [6.45, 7) is 2.06. The van der Waals surface area contributed by atoms with E-state index in [1.807, 2.05) is 6.92 Å². The average molecular weight is 348 g/mol. The van der Waals surface area contributed by atoms with Gasteiger partial charge in [0.25, 0.3) is 0 Å². The Kier molecular flexibility index (Phi) is 5.15. The second-order valence-electron chi connectivity index (χ2n) is 5.48. The summed E-state index contributed by atoms with van der Waals surface area (Å²) in [6, 6.07) is 17.3.